The Kier molecular flexibility index (Phi) is 6.25. The Bertz CT molecular complexity index is 1270. The molecule has 3 aromatic rings. The highest BCUT2D eigenvalue weighted by Crippen LogP contribution is 2.29. The van der Waals surface area contributed by atoms with Crippen molar-refractivity contribution in [3.05, 3.63) is 70.3 Å². The summed E-state index contributed by atoms with van der Waals surface area (Å²) < 4.78 is 33.0. The van der Waals surface area contributed by atoms with Gasteiger partial charge in [0.15, 0.2) is 5.82 Å². The molecule has 0 bridgehead atoms. The minimum atomic E-state index is -3.85. The lowest BCUT2D eigenvalue weighted by molar-refractivity contribution is -0.385. The van der Waals surface area contributed by atoms with Gasteiger partial charge >= 0.3 is 0 Å². The summed E-state index contributed by atoms with van der Waals surface area (Å²) in [5, 5.41) is 19.7. The highest BCUT2D eigenvalue weighted by Gasteiger charge is 2.31. The number of hydrogen-bond donors (Lipinski definition) is 0. The van der Waals surface area contributed by atoms with E-state index in [-0.39, 0.29) is 23.7 Å². The highest BCUT2D eigenvalue weighted by molar-refractivity contribution is 7.89. The molecule has 0 aliphatic carbocycles. The molecule has 0 amide bonds. The topological polar surface area (TPSA) is 119 Å². The van der Waals surface area contributed by atoms with E-state index in [9.17, 15) is 18.5 Å². The van der Waals surface area contributed by atoms with Gasteiger partial charge in [-0.1, -0.05) is 18.2 Å². The maximum Gasteiger partial charge on any atom is 0.270 e. The number of ether oxygens (including phenoxy) is 1. The van der Waals surface area contributed by atoms with Gasteiger partial charge in [0.1, 0.15) is 5.75 Å². The predicted molar refractivity (Wildman–Crippen MR) is 123 cm³/mol. The molecular formula is C22H23N5O5S. The first-order valence-electron chi connectivity index (χ1n) is 10.3. The van der Waals surface area contributed by atoms with Crippen LogP contribution in [0, 0.1) is 17.0 Å². The number of benzene rings is 2. The fraction of sp³-hybridized carbons (Fsp3) is 0.273. The van der Waals surface area contributed by atoms with Gasteiger partial charge < -0.3 is 9.64 Å². The maximum absolute atomic E-state index is 13.1. The van der Waals surface area contributed by atoms with Crippen molar-refractivity contribution in [3.8, 4) is 17.0 Å². The van der Waals surface area contributed by atoms with Gasteiger partial charge in [0, 0.05) is 43.9 Å². The zero-order chi connectivity index (χ0) is 23.6. The second-order valence-corrected chi connectivity index (χ2v) is 9.48. The average Bonchev–Trinajstić information content (AvgIpc) is 2.84. The van der Waals surface area contributed by atoms with Gasteiger partial charge in [0.2, 0.25) is 10.0 Å². The third-order valence-electron chi connectivity index (χ3n) is 5.60. The van der Waals surface area contributed by atoms with E-state index >= 15 is 0 Å². The number of nitro groups is 1. The molecule has 2 heterocycles. The normalized spacial score (nSPS) is 14.8. The summed E-state index contributed by atoms with van der Waals surface area (Å²) in [5.41, 5.74) is 1.74. The van der Waals surface area contributed by atoms with Crippen LogP contribution in [-0.4, -0.2) is 61.1 Å². The minimum absolute atomic E-state index is 0.0360. The number of non-ortho nitro benzene ring substituents is 1. The molecule has 0 unspecified atom stereocenters. The van der Waals surface area contributed by atoms with E-state index < -0.39 is 14.9 Å². The number of nitro benzene ring substituents is 1. The summed E-state index contributed by atoms with van der Waals surface area (Å²) in [6, 6.07) is 15.1. The van der Waals surface area contributed by atoms with Gasteiger partial charge in [-0.05, 0) is 36.8 Å². The molecule has 1 fully saturated rings. The van der Waals surface area contributed by atoms with Gasteiger partial charge in [0.05, 0.1) is 22.6 Å². The Morgan fingerprint density at radius 2 is 1.73 bits per heavy atom. The number of aromatic nitrogens is 2. The lowest BCUT2D eigenvalue weighted by Crippen LogP contribution is -2.49. The molecule has 2 aromatic carbocycles. The zero-order valence-corrected chi connectivity index (χ0v) is 19.0. The van der Waals surface area contributed by atoms with Crippen molar-refractivity contribution in [3.63, 3.8) is 0 Å². The van der Waals surface area contributed by atoms with Crippen LogP contribution in [0.15, 0.2) is 59.5 Å². The number of rotatable bonds is 6. The number of nitrogens with zero attached hydrogens (tertiary/aromatic N) is 5. The minimum Gasteiger partial charge on any atom is -0.496 e. The largest absolute Gasteiger partial charge is 0.496 e. The van der Waals surface area contributed by atoms with Gasteiger partial charge in [-0.15, -0.1) is 10.2 Å². The van der Waals surface area contributed by atoms with Crippen LogP contribution in [0.25, 0.3) is 11.3 Å². The summed E-state index contributed by atoms with van der Waals surface area (Å²) >= 11 is 0. The molecule has 0 atom stereocenters. The number of hydrogen-bond acceptors (Lipinski definition) is 8. The Hall–Kier alpha value is -3.57. The fourth-order valence-corrected chi connectivity index (χ4v) is 5.44. The fourth-order valence-electron chi connectivity index (χ4n) is 3.77. The SMILES string of the molecule is COc1ccccc1-c1ccc(N2CCN(S(=O)(=O)c3cc([N+](=O)[O-])ccc3C)CC2)nn1. The van der Waals surface area contributed by atoms with Crippen LogP contribution in [0.1, 0.15) is 5.56 Å². The molecule has 11 heteroatoms. The van der Waals surface area contributed by atoms with Crippen LogP contribution in [0.2, 0.25) is 0 Å². The van der Waals surface area contributed by atoms with Gasteiger partial charge in [0.25, 0.3) is 5.69 Å². The molecule has 0 spiro atoms. The molecule has 4 rings (SSSR count). The number of aryl methyl sites for hydroxylation is 1. The van der Waals surface area contributed by atoms with Crippen LogP contribution in [-0.2, 0) is 10.0 Å². The zero-order valence-electron chi connectivity index (χ0n) is 18.2. The third-order valence-corrected chi connectivity index (χ3v) is 7.64. The van der Waals surface area contributed by atoms with Gasteiger partial charge in [-0.2, -0.15) is 4.31 Å². The molecule has 172 valence electrons. The number of sulfonamides is 1. The van der Waals surface area contributed by atoms with Crippen molar-refractivity contribution in [1.29, 1.82) is 0 Å². The summed E-state index contributed by atoms with van der Waals surface area (Å²) in [5.74, 6) is 1.35. The Morgan fingerprint density at radius 3 is 2.36 bits per heavy atom. The van der Waals surface area contributed by atoms with Crippen LogP contribution < -0.4 is 9.64 Å². The second kappa shape index (κ2) is 9.12. The summed E-state index contributed by atoms with van der Waals surface area (Å²) in [7, 11) is -2.25. The average molecular weight is 470 g/mol. The smallest absolute Gasteiger partial charge is 0.270 e. The van der Waals surface area contributed by atoms with Crippen LogP contribution in [0.3, 0.4) is 0 Å². The quantitative estimate of drug-likeness (QED) is 0.399. The van der Waals surface area contributed by atoms with E-state index in [0.717, 1.165) is 11.6 Å². The van der Waals surface area contributed by atoms with Crippen molar-refractivity contribution < 1.29 is 18.1 Å². The van der Waals surface area contributed by atoms with E-state index in [4.69, 9.17) is 4.74 Å². The number of anilines is 1. The lowest BCUT2D eigenvalue weighted by Gasteiger charge is -2.34. The molecule has 1 aliphatic heterocycles. The monoisotopic (exact) mass is 469 g/mol. The summed E-state index contributed by atoms with van der Waals surface area (Å²) in [6.45, 7) is 2.96. The van der Waals surface area contributed by atoms with E-state index in [0.29, 0.717) is 35.9 Å². The molecule has 33 heavy (non-hydrogen) atoms. The van der Waals surface area contributed by atoms with Crippen molar-refractivity contribution in [2.45, 2.75) is 11.8 Å². The molecule has 1 saturated heterocycles. The molecule has 0 radical (unpaired) electrons. The van der Waals surface area contributed by atoms with E-state index in [1.807, 2.05) is 41.3 Å². The van der Waals surface area contributed by atoms with Gasteiger partial charge in [-0.25, -0.2) is 8.42 Å². The molecule has 0 N–H and O–H groups in total. The van der Waals surface area contributed by atoms with Crippen LogP contribution in [0.4, 0.5) is 11.5 Å². The van der Waals surface area contributed by atoms with Crippen LogP contribution >= 0.6 is 0 Å². The van der Waals surface area contributed by atoms with Crippen LogP contribution in [0.5, 0.6) is 5.75 Å². The lowest BCUT2D eigenvalue weighted by atomic mass is 10.1. The van der Waals surface area contributed by atoms with Crippen molar-refractivity contribution in [2.75, 3.05) is 38.2 Å². The Labute approximate surface area is 191 Å². The second-order valence-electron chi connectivity index (χ2n) is 7.58. The molecule has 1 aliphatic rings. The van der Waals surface area contributed by atoms with E-state index in [1.54, 1.807) is 14.0 Å². The first-order valence-corrected chi connectivity index (χ1v) is 11.7. The van der Waals surface area contributed by atoms with Crippen molar-refractivity contribution in [1.82, 2.24) is 14.5 Å². The third kappa shape index (κ3) is 4.50. The standard InChI is InChI=1S/C22H23N5O5S/c1-16-7-8-17(27(28)29)15-21(16)33(30,31)26-13-11-25(12-14-26)22-10-9-19(23-24-22)18-5-3-4-6-20(18)32-2/h3-10,15H,11-14H2,1-2H3. The number of piperazine rings is 1. The molecule has 1 aromatic heterocycles. The number of para-hydroxylation sites is 1. The Balaban J connectivity index is 1.48. The molecular weight excluding hydrogens is 446 g/mol. The first-order chi connectivity index (χ1) is 15.8. The summed E-state index contributed by atoms with van der Waals surface area (Å²) in [6.07, 6.45) is 0. The number of methoxy groups -OCH3 is 1. The maximum atomic E-state index is 13.1. The van der Waals surface area contributed by atoms with Crippen molar-refractivity contribution in [2.24, 2.45) is 0 Å². The first kappa shape index (κ1) is 22.6. The highest BCUT2D eigenvalue weighted by atomic mass is 32.2. The predicted octanol–water partition coefficient (Wildman–Crippen LogP) is 2.88. The molecule has 0 saturated carbocycles. The van der Waals surface area contributed by atoms with E-state index in [1.165, 1.54) is 16.4 Å². The van der Waals surface area contributed by atoms with E-state index in [2.05, 4.69) is 10.2 Å². The molecule has 10 nitrogen and oxygen atoms in total. The Morgan fingerprint density at radius 1 is 1.00 bits per heavy atom. The van der Waals surface area contributed by atoms with Crippen molar-refractivity contribution >= 4 is 21.5 Å². The summed E-state index contributed by atoms with van der Waals surface area (Å²) in [4.78, 5) is 12.4. The van der Waals surface area contributed by atoms with Gasteiger partial charge in [-0.3, -0.25) is 10.1 Å².